The minimum atomic E-state index is -4.40. The van der Waals surface area contributed by atoms with Crippen LogP contribution < -0.4 is 0 Å². The first-order chi connectivity index (χ1) is 13.8. The summed E-state index contributed by atoms with van der Waals surface area (Å²) < 4.78 is 44.8. The molecular weight excluding hydrogens is 389 g/mol. The number of hydrogen-bond donors (Lipinski definition) is 0. The molecule has 0 atom stereocenters. The molecule has 0 N–H and O–H groups in total. The normalized spacial score (nSPS) is 14.2. The molecule has 2 aromatic heterocycles. The maximum Gasteiger partial charge on any atom is 0.416 e. The molecule has 1 aliphatic carbocycles. The quantitative estimate of drug-likeness (QED) is 0.585. The summed E-state index contributed by atoms with van der Waals surface area (Å²) in [7, 11) is 0. The van der Waals surface area contributed by atoms with Gasteiger partial charge in [-0.15, -0.1) is 10.2 Å². The van der Waals surface area contributed by atoms with Gasteiger partial charge in [0.2, 0.25) is 5.82 Å². The highest BCUT2D eigenvalue weighted by Crippen LogP contribution is 2.35. The summed E-state index contributed by atoms with van der Waals surface area (Å²) in [4.78, 5) is 13.4. The topological polar surface area (TPSA) is 87.7 Å². The van der Waals surface area contributed by atoms with Gasteiger partial charge in [-0.1, -0.05) is 12.1 Å². The Hall–Kier alpha value is -3.24. The van der Waals surface area contributed by atoms with Crippen LogP contribution in [-0.2, 0) is 17.5 Å². The Morgan fingerprint density at radius 2 is 1.93 bits per heavy atom. The Kier molecular flexibility index (Phi) is 4.81. The number of rotatable bonds is 6. The first-order valence-corrected chi connectivity index (χ1v) is 9.06. The molecule has 1 aliphatic rings. The third-order valence-electron chi connectivity index (χ3n) is 4.39. The molecule has 1 saturated carbocycles. The van der Waals surface area contributed by atoms with Gasteiger partial charge in [0, 0.05) is 5.56 Å². The Bertz CT molecular complexity index is 1020. The Labute approximate surface area is 163 Å². The summed E-state index contributed by atoms with van der Waals surface area (Å²) in [5, 5.41) is 16.5. The minimum Gasteiger partial charge on any atom is -0.461 e. The number of halogens is 3. The highest BCUT2D eigenvalue weighted by Gasteiger charge is 2.31. The van der Waals surface area contributed by atoms with Gasteiger partial charge in [-0.3, -0.25) is 4.68 Å². The van der Waals surface area contributed by atoms with Gasteiger partial charge < -0.3 is 4.74 Å². The lowest BCUT2D eigenvalue weighted by Gasteiger charge is -2.05. The lowest BCUT2D eigenvalue weighted by molar-refractivity contribution is -0.137. The molecular formula is C18H17F3N6O2. The van der Waals surface area contributed by atoms with Crippen molar-refractivity contribution in [2.24, 2.45) is 0 Å². The lowest BCUT2D eigenvalue weighted by Crippen LogP contribution is -2.12. The average molecular weight is 406 g/mol. The molecule has 1 fully saturated rings. The summed E-state index contributed by atoms with van der Waals surface area (Å²) in [5.41, 5.74) is 0.620. The zero-order valence-corrected chi connectivity index (χ0v) is 15.4. The molecule has 29 heavy (non-hydrogen) atoms. The molecule has 3 aromatic rings. The molecule has 11 heteroatoms. The van der Waals surface area contributed by atoms with Crippen LogP contribution in [0.4, 0.5) is 13.2 Å². The Balaban J connectivity index is 1.52. The van der Waals surface area contributed by atoms with Crippen LogP contribution in [0.1, 0.15) is 47.6 Å². The summed E-state index contributed by atoms with van der Waals surface area (Å²) in [5.74, 6) is -0.235. The molecule has 152 valence electrons. The number of carbonyl (C=O) groups excluding carboxylic acids is 1. The largest absolute Gasteiger partial charge is 0.461 e. The fourth-order valence-corrected chi connectivity index (χ4v) is 2.86. The highest BCUT2D eigenvalue weighted by atomic mass is 19.4. The Morgan fingerprint density at radius 3 is 2.55 bits per heavy atom. The van der Waals surface area contributed by atoms with E-state index in [9.17, 15) is 18.0 Å². The van der Waals surface area contributed by atoms with Crippen LogP contribution in [0.2, 0.25) is 0 Å². The first kappa shape index (κ1) is 19.1. The molecule has 0 saturated heterocycles. The van der Waals surface area contributed by atoms with Crippen molar-refractivity contribution in [1.82, 2.24) is 30.0 Å². The molecule has 0 bridgehead atoms. The van der Waals surface area contributed by atoms with E-state index in [2.05, 4.69) is 20.5 Å². The van der Waals surface area contributed by atoms with Crippen LogP contribution in [0.3, 0.4) is 0 Å². The van der Waals surface area contributed by atoms with Gasteiger partial charge in [-0.2, -0.15) is 23.1 Å². The fourth-order valence-electron chi connectivity index (χ4n) is 2.86. The molecule has 0 amide bonds. The van der Waals surface area contributed by atoms with Crippen molar-refractivity contribution in [2.75, 3.05) is 6.61 Å². The third kappa shape index (κ3) is 4.13. The number of nitrogens with zero attached hydrogens (tertiary/aromatic N) is 6. The van der Waals surface area contributed by atoms with Crippen LogP contribution in [0.25, 0.3) is 11.4 Å². The number of aromatic nitrogens is 6. The monoisotopic (exact) mass is 406 g/mol. The van der Waals surface area contributed by atoms with Gasteiger partial charge in [0.1, 0.15) is 12.2 Å². The SMILES string of the molecule is CCOC(=O)c1cc(Cn2nnc(-c3ccc(C(F)(F)F)cc3)n2)nn1C1CC1. The van der Waals surface area contributed by atoms with Crippen LogP contribution in [0.15, 0.2) is 30.3 Å². The number of hydrogen-bond acceptors (Lipinski definition) is 6. The van der Waals surface area contributed by atoms with E-state index in [-0.39, 0.29) is 25.0 Å². The Morgan fingerprint density at radius 1 is 1.21 bits per heavy atom. The van der Waals surface area contributed by atoms with Crippen molar-refractivity contribution in [1.29, 1.82) is 0 Å². The molecule has 1 aromatic carbocycles. The van der Waals surface area contributed by atoms with Crippen molar-refractivity contribution in [3.63, 3.8) is 0 Å². The van der Waals surface area contributed by atoms with Crippen LogP contribution in [0.5, 0.6) is 0 Å². The second kappa shape index (κ2) is 7.30. The molecule has 0 aliphatic heterocycles. The van der Waals surface area contributed by atoms with Gasteiger partial charge in [-0.25, -0.2) is 4.79 Å². The number of alkyl halides is 3. The van der Waals surface area contributed by atoms with E-state index in [1.54, 1.807) is 17.7 Å². The number of benzene rings is 1. The predicted molar refractivity (Wildman–Crippen MR) is 93.8 cm³/mol. The number of carbonyl (C=O) groups is 1. The van der Waals surface area contributed by atoms with E-state index in [1.807, 2.05) is 0 Å². The molecule has 4 rings (SSSR count). The third-order valence-corrected chi connectivity index (χ3v) is 4.39. The van der Waals surface area contributed by atoms with Crippen molar-refractivity contribution in [2.45, 2.75) is 38.5 Å². The second-order valence-corrected chi connectivity index (χ2v) is 6.64. The maximum atomic E-state index is 12.7. The fraction of sp³-hybridized carbons (Fsp3) is 0.389. The predicted octanol–water partition coefficient (Wildman–Crippen LogP) is 3.12. The van der Waals surface area contributed by atoms with Crippen molar-refractivity contribution in [3.05, 3.63) is 47.3 Å². The number of ether oxygens (including phenoxy) is 1. The van der Waals surface area contributed by atoms with E-state index in [4.69, 9.17) is 4.74 Å². The lowest BCUT2D eigenvalue weighted by atomic mass is 10.1. The van der Waals surface area contributed by atoms with Crippen LogP contribution >= 0.6 is 0 Å². The van der Waals surface area contributed by atoms with Crippen molar-refractivity contribution in [3.8, 4) is 11.4 Å². The highest BCUT2D eigenvalue weighted by molar-refractivity contribution is 5.87. The number of tetrazole rings is 1. The van der Waals surface area contributed by atoms with Gasteiger partial charge in [0.25, 0.3) is 0 Å². The first-order valence-electron chi connectivity index (χ1n) is 9.06. The summed E-state index contributed by atoms with van der Waals surface area (Å²) in [6.07, 6.45) is -2.50. The zero-order valence-electron chi connectivity index (χ0n) is 15.4. The molecule has 2 heterocycles. The van der Waals surface area contributed by atoms with Gasteiger partial charge >= 0.3 is 12.1 Å². The minimum absolute atomic E-state index is 0.166. The van der Waals surface area contributed by atoms with Gasteiger partial charge in [0.05, 0.1) is 23.9 Å². The van der Waals surface area contributed by atoms with Gasteiger partial charge in [0.15, 0.2) is 0 Å². The number of esters is 1. The van der Waals surface area contributed by atoms with E-state index >= 15 is 0 Å². The van der Waals surface area contributed by atoms with Crippen molar-refractivity contribution >= 4 is 5.97 Å². The summed E-state index contributed by atoms with van der Waals surface area (Å²) >= 11 is 0. The summed E-state index contributed by atoms with van der Waals surface area (Å²) in [6.45, 7) is 2.17. The smallest absolute Gasteiger partial charge is 0.416 e. The van der Waals surface area contributed by atoms with E-state index in [0.717, 1.165) is 25.0 Å². The molecule has 0 spiro atoms. The second-order valence-electron chi connectivity index (χ2n) is 6.64. The van der Waals surface area contributed by atoms with Crippen LogP contribution in [-0.4, -0.2) is 42.6 Å². The van der Waals surface area contributed by atoms with Crippen LogP contribution in [0, 0.1) is 0 Å². The summed E-state index contributed by atoms with van der Waals surface area (Å²) in [6, 6.07) is 6.36. The van der Waals surface area contributed by atoms with Gasteiger partial charge in [-0.05, 0) is 43.2 Å². The zero-order chi connectivity index (χ0) is 20.6. The van der Waals surface area contributed by atoms with E-state index in [0.29, 0.717) is 17.0 Å². The standard InChI is InChI=1S/C18H17F3N6O2/c1-2-29-17(28)15-9-13(23-27(15)14-7-8-14)10-26-24-16(22-25-26)11-3-5-12(6-4-11)18(19,20)21/h3-6,9,14H,2,7-8,10H2,1H3. The molecule has 8 nitrogen and oxygen atoms in total. The molecule has 0 unspecified atom stereocenters. The molecule has 0 radical (unpaired) electrons. The maximum absolute atomic E-state index is 12.7. The van der Waals surface area contributed by atoms with E-state index < -0.39 is 17.7 Å². The van der Waals surface area contributed by atoms with Crippen molar-refractivity contribution < 1.29 is 22.7 Å². The average Bonchev–Trinajstić information content (AvgIpc) is 3.27. The van der Waals surface area contributed by atoms with E-state index in [1.165, 1.54) is 16.9 Å².